The minimum atomic E-state index is -0.899. The first kappa shape index (κ1) is 26.2. The Morgan fingerprint density at radius 3 is 2.19 bits per heavy atom. The number of nitrogens with zero attached hydrogens (tertiary/aromatic N) is 1. The molecule has 2 unspecified atom stereocenters. The first-order valence-corrected chi connectivity index (χ1v) is 10.4. The van der Waals surface area contributed by atoms with Gasteiger partial charge in [-0.3, -0.25) is 9.59 Å². The van der Waals surface area contributed by atoms with Crippen LogP contribution in [-0.4, -0.2) is 46.5 Å². The molecule has 0 radical (unpaired) electrons. The van der Waals surface area contributed by atoms with Gasteiger partial charge in [-0.15, -0.1) is 6.58 Å². The number of amides is 3. The molecule has 1 rings (SSSR count). The maximum Gasteiger partial charge on any atom is 0.408 e. The monoisotopic (exact) mass is 431 g/mol. The predicted molar refractivity (Wildman–Crippen MR) is 123 cm³/mol. The number of hydrogen-bond donors (Lipinski definition) is 2. The summed E-state index contributed by atoms with van der Waals surface area (Å²) in [7, 11) is 0. The van der Waals surface area contributed by atoms with Crippen molar-refractivity contribution < 1.29 is 19.1 Å². The molecule has 1 aromatic rings. The van der Waals surface area contributed by atoms with Crippen LogP contribution in [0.1, 0.15) is 65.6 Å². The summed E-state index contributed by atoms with van der Waals surface area (Å²) in [5.74, 6) is -0.718. The molecule has 7 heteroatoms. The third kappa shape index (κ3) is 8.44. The molecule has 1 aromatic carbocycles. The highest BCUT2D eigenvalue weighted by atomic mass is 16.6. The number of hydrogen-bond acceptors (Lipinski definition) is 4. The zero-order valence-corrected chi connectivity index (χ0v) is 20.0. The number of nitrogens with one attached hydrogen (secondary N) is 2. The van der Waals surface area contributed by atoms with E-state index in [1.807, 2.05) is 52.0 Å². The molecule has 0 saturated carbocycles. The molecule has 0 aliphatic rings. The molecular formula is C24H37N3O4. The summed E-state index contributed by atoms with van der Waals surface area (Å²) in [5.41, 5.74) is 0.417. The van der Waals surface area contributed by atoms with E-state index < -0.39 is 35.2 Å². The lowest BCUT2D eigenvalue weighted by molar-refractivity contribution is -0.142. The number of aryl methyl sites for hydroxylation is 1. The lowest BCUT2D eigenvalue weighted by atomic mass is 9.97. The van der Waals surface area contributed by atoms with Crippen LogP contribution < -0.4 is 10.6 Å². The van der Waals surface area contributed by atoms with Crippen LogP contribution in [-0.2, 0) is 14.3 Å². The number of carbonyl (C=O) groups excluding carboxylic acids is 3. The molecular weight excluding hydrogens is 394 g/mol. The lowest BCUT2D eigenvalue weighted by Crippen LogP contribution is -2.54. The zero-order chi connectivity index (χ0) is 24.0. The summed E-state index contributed by atoms with van der Waals surface area (Å²) in [6.07, 6.45) is 0.867. The fraction of sp³-hybridized carbons (Fsp3) is 0.542. The summed E-state index contributed by atoms with van der Waals surface area (Å²) in [4.78, 5) is 40.3. The van der Waals surface area contributed by atoms with Crippen LogP contribution in [0.5, 0.6) is 0 Å². The standard InChI is InChI=1S/C24H37N3O4/c1-10-15-27(21(29)17(3)25-22(30)31-24(7,8)9)19(20(28)26-23(4,5)6)18-14-12-11-13-16(18)2/h10-14,17,19H,1,15H2,2-9H3,(H,25,30)(H,26,28). The van der Waals surface area contributed by atoms with Crippen molar-refractivity contribution >= 4 is 17.9 Å². The Kier molecular flexibility index (Phi) is 8.85. The van der Waals surface area contributed by atoms with E-state index in [0.29, 0.717) is 5.56 Å². The van der Waals surface area contributed by atoms with Gasteiger partial charge in [0.1, 0.15) is 17.7 Å². The van der Waals surface area contributed by atoms with Crippen molar-refractivity contribution in [1.29, 1.82) is 0 Å². The van der Waals surface area contributed by atoms with Gasteiger partial charge in [-0.05, 0) is 66.5 Å². The first-order chi connectivity index (χ1) is 14.2. The van der Waals surface area contributed by atoms with Crippen LogP contribution in [0.2, 0.25) is 0 Å². The second-order valence-corrected chi connectivity index (χ2v) is 9.65. The summed E-state index contributed by atoms with van der Waals surface area (Å²) in [5, 5.41) is 5.54. The number of rotatable bonds is 7. The molecule has 0 aliphatic heterocycles. The van der Waals surface area contributed by atoms with Crippen molar-refractivity contribution in [2.45, 2.75) is 78.6 Å². The Morgan fingerprint density at radius 2 is 1.71 bits per heavy atom. The third-order valence-electron chi connectivity index (χ3n) is 4.25. The molecule has 0 heterocycles. The van der Waals surface area contributed by atoms with Gasteiger partial charge in [0.25, 0.3) is 0 Å². The third-order valence-corrected chi connectivity index (χ3v) is 4.25. The number of ether oxygens (including phenoxy) is 1. The van der Waals surface area contributed by atoms with Crippen molar-refractivity contribution in [3.8, 4) is 0 Å². The molecule has 3 amide bonds. The van der Waals surface area contributed by atoms with E-state index >= 15 is 0 Å². The van der Waals surface area contributed by atoms with E-state index in [0.717, 1.165) is 5.56 Å². The molecule has 7 nitrogen and oxygen atoms in total. The molecule has 172 valence electrons. The van der Waals surface area contributed by atoms with Crippen LogP contribution in [0.4, 0.5) is 4.79 Å². The van der Waals surface area contributed by atoms with E-state index in [9.17, 15) is 14.4 Å². The minimum Gasteiger partial charge on any atom is -0.444 e. The van der Waals surface area contributed by atoms with Gasteiger partial charge >= 0.3 is 6.09 Å². The Hall–Kier alpha value is -2.83. The van der Waals surface area contributed by atoms with Gasteiger partial charge < -0.3 is 20.3 Å². The molecule has 2 atom stereocenters. The van der Waals surface area contributed by atoms with E-state index in [1.165, 1.54) is 4.90 Å². The molecule has 0 aromatic heterocycles. The van der Waals surface area contributed by atoms with Gasteiger partial charge in [0.05, 0.1) is 0 Å². The highest BCUT2D eigenvalue weighted by Crippen LogP contribution is 2.26. The molecule has 0 bridgehead atoms. The highest BCUT2D eigenvalue weighted by molar-refractivity contribution is 5.92. The van der Waals surface area contributed by atoms with Gasteiger partial charge in [0.15, 0.2) is 0 Å². The van der Waals surface area contributed by atoms with Gasteiger partial charge in [0.2, 0.25) is 11.8 Å². The second-order valence-electron chi connectivity index (χ2n) is 9.65. The largest absolute Gasteiger partial charge is 0.444 e. The molecule has 31 heavy (non-hydrogen) atoms. The van der Waals surface area contributed by atoms with E-state index in [-0.39, 0.29) is 12.5 Å². The molecule has 0 saturated heterocycles. The topological polar surface area (TPSA) is 87.7 Å². The van der Waals surface area contributed by atoms with Crippen LogP contribution in [0.15, 0.2) is 36.9 Å². The summed E-state index contributed by atoms with van der Waals surface area (Å²) < 4.78 is 5.26. The first-order valence-electron chi connectivity index (χ1n) is 10.4. The average molecular weight is 432 g/mol. The quantitative estimate of drug-likeness (QED) is 0.642. The van der Waals surface area contributed by atoms with Gasteiger partial charge in [-0.2, -0.15) is 0 Å². The van der Waals surface area contributed by atoms with Gasteiger partial charge in [-0.1, -0.05) is 30.3 Å². The van der Waals surface area contributed by atoms with Crippen molar-refractivity contribution in [2.75, 3.05) is 6.54 Å². The Morgan fingerprint density at radius 1 is 1.13 bits per heavy atom. The smallest absolute Gasteiger partial charge is 0.408 e. The Labute approximate surface area is 186 Å². The lowest BCUT2D eigenvalue weighted by Gasteiger charge is -2.35. The van der Waals surface area contributed by atoms with Crippen molar-refractivity contribution in [3.05, 3.63) is 48.0 Å². The maximum atomic E-state index is 13.4. The Balaban J connectivity index is 3.30. The van der Waals surface area contributed by atoms with E-state index in [2.05, 4.69) is 17.2 Å². The van der Waals surface area contributed by atoms with Gasteiger partial charge in [0, 0.05) is 12.1 Å². The van der Waals surface area contributed by atoms with Crippen LogP contribution in [0.25, 0.3) is 0 Å². The van der Waals surface area contributed by atoms with Crippen molar-refractivity contribution in [3.63, 3.8) is 0 Å². The molecule has 0 spiro atoms. The SMILES string of the molecule is C=CCN(C(=O)C(C)NC(=O)OC(C)(C)C)C(C(=O)NC(C)(C)C)c1ccccc1C. The summed E-state index contributed by atoms with van der Waals surface area (Å²) >= 11 is 0. The number of alkyl carbamates (subject to hydrolysis) is 1. The molecule has 0 aliphatic carbocycles. The zero-order valence-electron chi connectivity index (χ0n) is 20.0. The predicted octanol–water partition coefficient (Wildman–Crippen LogP) is 3.88. The highest BCUT2D eigenvalue weighted by Gasteiger charge is 2.35. The second kappa shape index (κ2) is 10.5. The van der Waals surface area contributed by atoms with Crippen LogP contribution >= 0.6 is 0 Å². The van der Waals surface area contributed by atoms with Crippen LogP contribution in [0, 0.1) is 6.92 Å². The maximum absolute atomic E-state index is 13.4. The van der Waals surface area contributed by atoms with E-state index in [1.54, 1.807) is 33.8 Å². The van der Waals surface area contributed by atoms with Crippen molar-refractivity contribution in [1.82, 2.24) is 15.5 Å². The van der Waals surface area contributed by atoms with E-state index in [4.69, 9.17) is 4.74 Å². The van der Waals surface area contributed by atoms with Gasteiger partial charge in [-0.25, -0.2) is 4.79 Å². The minimum absolute atomic E-state index is 0.135. The molecule has 2 N–H and O–H groups in total. The molecule has 0 fully saturated rings. The number of carbonyl (C=O) groups is 3. The Bertz CT molecular complexity index is 806. The fourth-order valence-corrected chi connectivity index (χ4v) is 3.04. The summed E-state index contributed by atoms with van der Waals surface area (Å²) in [6, 6.07) is 5.66. The number of benzene rings is 1. The average Bonchev–Trinajstić information content (AvgIpc) is 2.58. The van der Waals surface area contributed by atoms with Crippen molar-refractivity contribution in [2.24, 2.45) is 0 Å². The van der Waals surface area contributed by atoms with Crippen LogP contribution in [0.3, 0.4) is 0 Å². The normalized spacial score (nSPS) is 13.5. The fourth-order valence-electron chi connectivity index (χ4n) is 3.04. The summed E-state index contributed by atoms with van der Waals surface area (Å²) in [6.45, 7) is 18.2.